The molecule has 6 nitrogen and oxygen atoms in total. The predicted octanol–water partition coefficient (Wildman–Crippen LogP) is 3.35. The van der Waals surface area contributed by atoms with E-state index in [-0.39, 0.29) is 5.56 Å². The Morgan fingerprint density at radius 1 is 1.12 bits per heavy atom. The van der Waals surface area contributed by atoms with Crippen molar-refractivity contribution in [3.63, 3.8) is 0 Å². The predicted molar refractivity (Wildman–Crippen MR) is 93.1 cm³/mol. The number of nitrogens with zero attached hydrogens (tertiary/aromatic N) is 3. The Morgan fingerprint density at radius 3 is 2.62 bits per heavy atom. The van der Waals surface area contributed by atoms with E-state index < -0.39 is 0 Å². The van der Waals surface area contributed by atoms with Crippen LogP contribution < -0.4 is 5.56 Å². The van der Waals surface area contributed by atoms with Gasteiger partial charge in [0, 0.05) is 16.8 Å². The van der Waals surface area contributed by atoms with Gasteiger partial charge >= 0.3 is 0 Å². The van der Waals surface area contributed by atoms with E-state index in [9.17, 15) is 4.79 Å². The molecule has 0 amide bonds. The van der Waals surface area contributed by atoms with Crippen molar-refractivity contribution in [2.75, 3.05) is 0 Å². The molecule has 0 spiro atoms. The summed E-state index contributed by atoms with van der Waals surface area (Å²) in [6.45, 7) is 7.69. The molecule has 0 saturated heterocycles. The third-order valence-electron chi connectivity index (χ3n) is 3.94. The smallest absolute Gasteiger partial charge is 0.254 e. The lowest BCUT2D eigenvalue weighted by atomic mass is 10.1. The number of benzene rings is 1. The molecule has 0 atom stereocenters. The van der Waals surface area contributed by atoms with Crippen molar-refractivity contribution in [1.29, 1.82) is 0 Å². The molecule has 0 fully saturated rings. The first-order valence-corrected chi connectivity index (χ1v) is 8.53. The molecule has 0 aliphatic carbocycles. The first-order chi connectivity index (χ1) is 11.4. The molecule has 0 aliphatic heterocycles. The van der Waals surface area contributed by atoms with Gasteiger partial charge in [-0.15, -0.1) is 0 Å². The fourth-order valence-corrected chi connectivity index (χ4v) is 2.87. The van der Waals surface area contributed by atoms with E-state index in [2.05, 4.69) is 34.0 Å². The molecule has 3 rings (SSSR count). The summed E-state index contributed by atoms with van der Waals surface area (Å²) in [7, 11) is 0. The van der Waals surface area contributed by atoms with E-state index in [0.717, 1.165) is 11.3 Å². The van der Waals surface area contributed by atoms with Gasteiger partial charge < -0.3 is 9.51 Å². The number of H-pyrrole nitrogens is 1. The van der Waals surface area contributed by atoms with Crippen LogP contribution in [0.4, 0.5) is 0 Å². The Hall–Kier alpha value is -2.41. The van der Waals surface area contributed by atoms with Gasteiger partial charge in [-0.1, -0.05) is 29.1 Å². The Kier molecular flexibility index (Phi) is 4.53. The van der Waals surface area contributed by atoms with Crippen LogP contribution in [0.3, 0.4) is 0 Å². The molecule has 124 valence electrons. The van der Waals surface area contributed by atoms with Crippen LogP contribution in [0.1, 0.15) is 28.3 Å². The maximum absolute atomic E-state index is 11.8. The summed E-state index contributed by atoms with van der Waals surface area (Å²) in [5, 5.41) is 4.58. The van der Waals surface area contributed by atoms with Crippen molar-refractivity contribution in [1.82, 2.24) is 20.1 Å². The first-order valence-electron chi connectivity index (χ1n) is 7.54. The first kappa shape index (κ1) is 16.4. The van der Waals surface area contributed by atoms with Gasteiger partial charge in [0.2, 0.25) is 11.7 Å². The summed E-state index contributed by atoms with van der Waals surface area (Å²) in [5.41, 5.74) is 4.58. The lowest BCUT2D eigenvalue weighted by Crippen LogP contribution is -2.14. The van der Waals surface area contributed by atoms with Crippen LogP contribution in [-0.2, 0) is 5.75 Å². The summed E-state index contributed by atoms with van der Waals surface area (Å²) in [6, 6.07) is 6.06. The van der Waals surface area contributed by atoms with E-state index in [0.29, 0.717) is 28.2 Å². The minimum Gasteiger partial charge on any atom is -0.338 e. The lowest BCUT2D eigenvalue weighted by molar-refractivity contribution is 0.391. The van der Waals surface area contributed by atoms with Crippen molar-refractivity contribution >= 4 is 11.8 Å². The molecule has 1 N–H and O–H groups in total. The number of aryl methyl sites for hydroxylation is 3. The molecule has 0 radical (unpaired) electrons. The van der Waals surface area contributed by atoms with E-state index in [4.69, 9.17) is 4.52 Å². The third kappa shape index (κ3) is 3.41. The zero-order valence-electron chi connectivity index (χ0n) is 14.0. The van der Waals surface area contributed by atoms with Gasteiger partial charge in [-0.05, 0) is 44.9 Å². The van der Waals surface area contributed by atoms with Gasteiger partial charge in [-0.25, -0.2) is 4.98 Å². The summed E-state index contributed by atoms with van der Waals surface area (Å²) < 4.78 is 5.29. The van der Waals surface area contributed by atoms with Crippen LogP contribution in [0, 0.1) is 27.7 Å². The third-order valence-corrected chi connectivity index (χ3v) is 4.80. The normalized spacial score (nSPS) is 11.0. The molecule has 24 heavy (non-hydrogen) atoms. The molecule has 3 aromatic rings. The van der Waals surface area contributed by atoms with Crippen LogP contribution in [0.5, 0.6) is 0 Å². The number of nitrogens with one attached hydrogen (secondary N) is 1. The van der Waals surface area contributed by atoms with Gasteiger partial charge in [0.25, 0.3) is 5.56 Å². The maximum Gasteiger partial charge on any atom is 0.254 e. The van der Waals surface area contributed by atoms with Gasteiger partial charge in [0.15, 0.2) is 5.16 Å². The van der Waals surface area contributed by atoms with E-state index in [1.807, 2.05) is 25.1 Å². The highest BCUT2D eigenvalue weighted by Crippen LogP contribution is 2.22. The molecular weight excluding hydrogens is 324 g/mol. The molecule has 0 aliphatic rings. The summed E-state index contributed by atoms with van der Waals surface area (Å²) >= 11 is 1.36. The Morgan fingerprint density at radius 2 is 1.92 bits per heavy atom. The van der Waals surface area contributed by atoms with Crippen LogP contribution >= 0.6 is 11.8 Å². The number of rotatable bonds is 4. The monoisotopic (exact) mass is 342 g/mol. The number of aromatic nitrogens is 4. The fourth-order valence-electron chi connectivity index (χ4n) is 2.13. The van der Waals surface area contributed by atoms with Crippen molar-refractivity contribution in [3.05, 3.63) is 56.8 Å². The quantitative estimate of drug-likeness (QED) is 0.578. The van der Waals surface area contributed by atoms with Gasteiger partial charge in [-0.3, -0.25) is 4.79 Å². The average Bonchev–Trinajstić information content (AvgIpc) is 3.02. The SMILES string of the molecule is Cc1ccc(-c2noc(CSc3nc(C)c(C)c(=O)[nH]3)n2)cc1C. The second kappa shape index (κ2) is 6.60. The fraction of sp³-hybridized carbons (Fsp3) is 0.294. The summed E-state index contributed by atoms with van der Waals surface area (Å²) in [6.07, 6.45) is 0. The van der Waals surface area contributed by atoms with Crippen LogP contribution in [0.15, 0.2) is 32.7 Å². The topological polar surface area (TPSA) is 84.7 Å². The molecule has 7 heteroatoms. The van der Waals surface area contributed by atoms with Gasteiger partial charge in [0.05, 0.1) is 5.75 Å². The van der Waals surface area contributed by atoms with Crippen LogP contribution in [0.2, 0.25) is 0 Å². The number of hydrogen-bond donors (Lipinski definition) is 1. The average molecular weight is 342 g/mol. The zero-order valence-corrected chi connectivity index (χ0v) is 14.8. The van der Waals surface area contributed by atoms with Crippen LogP contribution in [-0.4, -0.2) is 20.1 Å². The molecule has 2 heterocycles. The zero-order chi connectivity index (χ0) is 17.3. The highest BCUT2D eigenvalue weighted by Gasteiger charge is 2.11. The molecule has 0 unspecified atom stereocenters. The van der Waals surface area contributed by atoms with Crippen molar-refractivity contribution in [2.24, 2.45) is 0 Å². The lowest BCUT2D eigenvalue weighted by Gasteiger charge is -2.02. The minimum absolute atomic E-state index is 0.119. The van der Waals surface area contributed by atoms with E-state index in [1.165, 1.54) is 22.9 Å². The molecule has 2 aromatic heterocycles. The van der Waals surface area contributed by atoms with Crippen molar-refractivity contribution < 1.29 is 4.52 Å². The second-order valence-corrected chi connectivity index (χ2v) is 6.64. The molecule has 1 aromatic carbocycles. The summed E-state index contributed by atoms with van der Waals surface area (Å²) in [4.78, 5) is 23.3. The maximum atomic E-state index is 11.8. The number of thioether (sulfide) groups is 1. The number of aromatic amines is 1. The van der Waals surface area contributed by atoms with Gasteiger partial charge in [-0.2, -0.15) is 4.98 Å². The highest BCUT2D eigenvalue weighted by atomic mass is 32.2. The number of hydrogen-bond acceptors (Lipinski definition) is 6. The van der Waals surface area contributed by atoms with E-state index in [1.54, 1.807) is 6.92 Å². The summed E-state index contributed by atoms with van der Waals surface area (Å²) in [5.74, 6) is 1.51. The minimum atomic E-state index is -0.119. The second-order valence-electron chi connectivity index (χ2n) is 5.68. The Bertz CT molecular complexity index is 946. The van der Waals surface area contributed by atoms with Crippen molar-refractivity contribution in [3.8, 4) is 11.4 Å². The van der Waals surface area contributed by atoms with Gasteiger partial charge in [0.1, 0.15) is 0 Å². The van der Waals surface area contributed by atoms with Crippen LogP contribution in [0.25, 0.3) is 11.4 Å². The van der Waals surface area contributed by atoms with E-state index >= 15 is 0 Å². The van der Waals surface area contributed by atoms with Crippen molar-refractivity contribution in [2.45, 2.75) is 38.6 Å². The molecule has 0 saturated carbocycles. The highest BCUT2D eigenvalue weighted by molar-refractivity contribution is 7.98. The Balaban J connectivity index is 1.74. The Labute approximate surface area is 143 Å². The molecular formula is C17H18N4O2S. The largest absolute Gasteiger partial charge is 0.338 e. The molecule has 0 bridgehead atoms. The standard InChI is InChI=1S/C17H18N4O2S/c1-9-5-6-13(7-10(9)2)15-19-14(23-21-15)8-24-17-18-12(4)11(3)16(22)20-17/h5-7H,8H2,1-4H3,(H,18,20,22).